The van der Waals surface area contributed by atoms with Gasteiger partial charge in [0.2, 0.25) is 0 Å². The van der Waals surface area contributed by atoms with E-state index in [0.29, 0.717) is 19.6 Å². The summed E-state index contributed by atoms with van der Waals surface area (Å²) in [4.78, 5) is 13.5. The predicted molar refractivity (Wildman–Crippen MR) is 100 cm³/mol. The molecule has 6 nitrogen and oxygen atoms in total. The highest BCUT2D eigenvalue weighted by Crippen LogP contribution is 2.70. The molecule has 3 heterocycles. The van der Waals surface area contributed by atoms with Crippen molar-refractivity contribution in [3.63, 3.8) is 0 Å². The number of benzene rings is 1. The average Bonchev–Trinajstić information content (AvgIpc) is 3.22. The van der Waals surface area contributed by atoms with E-state index in [0.717, 1.165) is 23.2 Å². The number of nitrogens with one attached hydrogen (secondary N) is 2. The Morgan fingerprint density at radius 2 is 2.26 bits per heavy atom. The number of fused-ring (bicyclic) bond motifs is 3. The maximum absolute atomic E-state index is 13.5. The number of para-hydroxylation sites is 1. The Morgan fingerprint density at radius 3 is 3.00 bits per heavy atom. The monoisotopic (exact) mass is 370 g/mol. The molecule has 2 saturated heterocycles. The molecule has 144 valence electrons. The third-order valence-electron chi connectivity index (χ3n) is 7.64. The molecule has 4 aliphatic rings. The van der Waals surface area contributed by atoms with Crippen LogP contribution >= 0.6 is 0 Å². The Bertz CT molecular complexity index is 839. The van der Waals surface area contributed by atoms with Gasteiger partial charge >= 0.3 is 5.97 Å². The van der Waals surface area contributed by atoms with Crippen molar-refractivity contribution in [3.8, 4) is 0 Å². The van der Waals surface area contributed by atoms with E-state index in [9.17, 15) is 9.90 Å². The summed E-state index contributed by atoms with van der Waals surface area (Å²) in [5.41, 5.74) is 0.658. The zero-order valence-corrected chi connectivity index (χ0v) is 15.7. The van der Waals surface area contributed by atoms with Gasteiger partial charge in [-0.25, -0.2) is 0 Å². The number of carbonyl (C=O) groups excluding carboxylic acids is 1. The fourth-order valence-electron chi connectivity index (χ4n) is 6.67. The maximum atomic E-state index is 13.5. The number of ether oxygens (including phenoxy) is 2. The lowest BCUT2D eigenvalue weighted by atomic mass is 9.44. The van der Waals surface area contributed by atoms with Gasteiger partial charge in [0.05, 0.1) is 31.8 Å². The number of hydrogen-bond acceptors (Lipinski definition) is 6. The van der Waals surface area contributed by atoms with Crippen LogP contribution in [0.25, 0.3) is 0 Å². The zero-order valence-electron chi connectivity index (χ0n) is 15.7. The Labute approximate surface area is 158 Å². The SMILES string of the molecule is C/C=C1\CN[C@H]2C[C@@H]1C(CO)(C(=O)OC)[C@@]13CCO[C@@]21Nc1ccccc13. The summed E-state index contributed by atoms with van der Waals surface area (Å²) in [5.74, 6) is -0.433. The number of aliphatic hydroxyl groups excluding tert-OH is 1. The number of methoxy groups -OCH3 is 1. The summed E-state index contributed by atoms with van der Waals surface area (Å²) >= 11 is 0. The van der Waals surface area contributed by atoms with E-state index >= 15 is 0 Å². The largest absolute Gasteiger partial charge is 0.468 e. The molecule has 1 unspecified atom stereocenters. The number of aliphatic hydroxyl groups is 1. The van der Waals surface area contributed by atoms with Crippen LogP contribution in [0.5, 0.6) is 0 Å². The van der Waals surface area contributed by atoms with Crippen LogP contribution in [-0.4, -0.2) is 49.7 Å². The van der Waals surface area contributed by atoms with E-state index in [1.165, 1.54) is 7.11 Å². The van der Waals surface area contributed by atoms with E-state index in [-0.39, 0.29) is 24.5 Å². The summed E-state index contributed by atoms with van der Waals surface area (Å²) in [6.07, 6.45) is 3.46. The number of allylic oxidation sites excluding steroid dienone is 1. The standard InChI is InChI=1S/C21H26N2O4/c1-3-13-11-22-17-10-15(13)19(12-24,18(25)26-2)20-8-9-27-21(17,20)23-16-7-5-4-6-14(16)20/h3-7,15,17,22-24H,8-12H2,1-2H3/b13-3+/t15-,17-,19?,20-,21-/m0/s1. The minimum absolute atomic E-state index is 0.0467. The molecule has 1 aliphatic carbocycles. The minimum Gasteiger partial charge on any atom is -0.468 e. The van der Waals surface area contributed by atoms with Gasteiger partial charge in [-0.2, -0.15) is 0 Å². The number of rotatable bonds is 2. The lowest BCUT2D eigenvalue weighted by molar-refractivity contribution is -0.192. The quantitative estimate of drug-likeness (QED) is 0.542. The molecule has 3 fully saturated rings. The van der Waals surface area contributed by atoms with Crippen molar-refractivity contribution in [2.75, 3.05) is 32.2 Å². The Hall–Kier alpha value is -1.89. The zero-order chi connectivity index (χ0) is 18.9. The van der Waals surface area contributed by atoms with Crippen LogP contribution in [0.2, 0.25) is 0 Å². The molecule has 0 aromatic heterocycles. The highest BCUT2D eigenvalue weighted by atomic mass is 16.5. The van der Waals surface area contributed by atoms with Gasteiger partial charge in [-0.15, -0.1) is 0 Å². The maximum Gasteiger partial charge on any atom is 0.315 e. The Kier molecular flexibility index (Phi) is 3.55. The number of hydrogen-bond donors (Lipinski definition) is 3. The number of anilines is 1. The predicted octanol–water partition coefficient (Wildman–Crippen LogP) is 1.56. The lowest BCUT2D eigenvalue weighted by Gasteiger charge is -2.62. The molecule has 5 atom stereocenters. The molecule has 6 heteroatoms. The molecule has 0 amide bonds. The van der Waals surface area contributed by atoms with Crippen LogP contribution in [0.4, 0.5) is 5.69 Å². The summed E-state index contributed by atoms with van der Waals surface area (Å²) in [5, 5.41) is 18.1. The molecule has 5 rings (SSSR count). The first kappa shape index (κ1) is 17.2. The van der Waals surface area contributed by atoms with Gasteiger partial charge in [0.25, 0.3) is 0 Å². The van der Waals surface area contributed by atoms with Gasteiger partial charge in [-0.3, -0.25) is 4.79 Å². The summed E-state index contributed by atoms with van der Waals surface area (Å²) < 4.78 is 11.8. The van der Waals surface area contributed by atoms with E-state index in [2.05, 4.69) is 22.8 Å². The first-order valence-corrected chi connectivity index (χ1v) is 9.70. The Morgan fingerprint density at radius 1 is 1.44 bits per heavy atom. The van der Waals surface area contributed by atoms with Crippen LogP contribution in [0.1, 0.15) is 25.3 Å². The van der Waals surface area contributed by atoms with Crippen LogP contribution < -0.4 is 10.6 Å². The molecule has 1 aromatic rings. The third kappa shape index (κ3) is 1.67. The summed E-state index contributed by atoms with van der Waals surface area (Å²) in [6, 6.07) is 8.14. The number of esters is 1. The normalized spacial score (nSPS) is 42.9. The first-order valence-electron chi connectivity index (χ1n) is 9.70. The molecule has 0 spiro atoms. The van der Waals surface area contributed by atoms with Crippen LogP contribution in [0.15, 0.2) is 35.9 Å². The highest BCUT2D eigenvalue weighted by molar-refractivity contribution is 5.85. The molecule has 2 bridgehead atoms. The van der Waals surface area contributed by atoms with Crippen LogP contribution in [0, 0.1) is 11.3 Å². The van der Waals surface area contributed by atoms with Gasteiger partial charge in [-0.1, -0.05) is 29.8 Å². The van der Waals surface area contributed by atoms with Crippen molar-refractivity contribution in [2.45, 2.75) is 36.9 Å². The van der Waals surface area contributed by atoms with E-state index in [4.69, 9.17) is 9.47 Å². The fourth-order valence-corrected chi connectivity index (χ4v) is 6.67. The second kappa shape index (κ2) is 5.56. The van der Waals surface area contributed by atoms with Crippen molar-refractivity contribution in [2.24, 2.45) is 11.3 Å². The number of piperidine rings is 1. The molecule has 3 aliphatic heterocycles. The van der Waals surface area contributed by atoms with Gasteiger partial charge in [0.1, 0.15) is 5.41 Å². The first-order chi connectivity index (χ1) is 13.1. The van der Waals surface area contributed by atoms with Crippen LogP contribution in [0.3, 0.4) is 0 Å². The van der Waals surface area contributed by atoms with E-state index < -0.39 is 16.6 Å². The van der Waals surface area contributed by atoms with E-state index in [1.54, 1.807) is 0 Å². The molecule has 3 N–H and O–H groups in total. The van der Waals surface area contributed by atoms with Crippen molar-refractivity contribution in [1.29, 1.82) is 0 Å². The second-order valence-electron chi connectivity index (χ2n) is 8.12. The second-order valence-corrected chi connectivity index (χ2v) is 8.12. The molecular weight excluding hydrogens is 344 g/mol. The van der Waals surface area contributed by atoms with Crippen molar-refractivity contribution >= 4 is 11.7 Å². The Balaban J connectivity index is 1.87. The van der Waals surface area contributed by atoms with Gasteiger partial charge in [0, 0.05) is 18.2 Å². The van der Waals surface area contributed by atoms with Crippen molar-refractivity contribution in [3.05, 3.63) is 41.5 Å². The van der Waals surface area contributed by atoms with Crippen molar-refractivity contribution in [1.82, 2.24) is 5.32 Å². The number of carbonyl (C=O) groups is 1. The molecule has 1 saturated carbocycles. The van der Waals surface area contributed by atoms with E-state index in [1.807, 2.05) is 25.1 Å². The molecule has 27 heavy (non-hydrogen) atoms. The van der Waals surface area contributed by atoms with Gasteiger partial charge in [0.15, 0.2) is 5.72 Å². The smallest absolute Gasteiger partial charge is 0.315 e. The van der Waals surface area contributed by atoms with Crippen LogP contribution in [-0.2, 0) is 19.7 Å². The minimum atomic E-state index is -1.09. The van der Waals surface area contributed by atoms with Gasteiger partial charge < -0.3 is 25.2 Å². The molecule has 1 aromatic carbocycles. The summed E-state index contributed by atoms with van der Waals surface area (Å²) in [6.45, 7) is 2.96. The fraction of sp³-hybridized carbons (Fsp3) is 0.571. The average molecular weight is 370 g/mol. The molecular formula is C21H26N2O4. The third-order valence-corrected chi connectivity index (χ3v) is 7.64. The summed E-state index contributed by atoms with van der Waals surface area (Å²) in [7, 11) is 1.42. The highest BCUT2D eigenvalue weighted by Gasteiger charge is 2.81. The topological polar surface area (TPSA) is 79.8 Å². The molecule has 0 radical (unpaired) electrons. The van der Waals surface area contributed by atoms with Crippen molar-refractivity contribution < 1.29 is 19.4 Å². The lowest BCUT2D eigenvalue weighted by Crippen LogP contribution is -2.78. The van der Waals surface area contributed by atoms with Gasteiger partial charge in [-0.05, 0) is 31.4 Å².